The van der Waals surface area contributed by atoms with Gasteiger partial charge in [0.15, 0.2) is 0 Å². The molecule has 2 amide bonds. The lowest BCUT2D eigenvalue weighted by molar-refractivity contribution is -0.141. The second-order valence-corrected chi connectivity index (χ2v) is 9.33. The number of likely N-dealkylation sites (tertiary alicyclic amines) is 1. The Morgan fingerprint density at radius 2 is 1.84 bits per heavy atom. The number of oxime groups is 1. The Labute approximate surface area is 184 Å². The lowest BCUT2D eigenvalue weighted by atomic mass is 9.60. The molecule has 0 radical (unpaired) electrons. The number of imide groups is 1. The van der Waals surface area contributed by atoms with E-state index in [2.05, 4.69) is 32.0 Å². The van der Waals surface area contributed by atoms with E-state index in [9.17, 15) is 19.8 Å². The number of aliphatic hydroxyl groups excluding tert-OH is 2. The van der Waals surface area contributed by atoms with Crippen LogP contribution in [0.5, 0.6) is 0 Å². The van der Waals surface area contributed by atoms with Gasteiger partial charge in [-0.05, 0) is 59.5 Å². The first-order valence-electron chi connectivity index (χ1n) is 11.4. The van der Waals surface area contributed by atoms with Crippen molar-refractivity contribution in [1.82, 2.24) is 4.90 Å². The van der Waals surface area contributed by atoms with Gasteiger partial charge in [0.05, 0.1) is 29.8 Å². The van der Waals surface area contributed by atoms with E-state index in [0.717, 1.165) is 12.8 Å². The highest BCUT2D eigenvalue weighted by Crippen LogP contribution is 2.49. The molecule has 31 heavy (non-hydrogen) atoms. The number of fused-ring (bicyclic) bond motifs is 3. The highest BCUT2D eigenvalue weighted by Gasteiger charge is 2.59. The summed E-state index contributed by atoms with van der Waals surface area (Å²) in [6.45, 7) is 8.70. The SMILES string of the molecule is CCN1C(=O)[C@H]2[C@H]3[C@H](O)[C@H](O)CC(=NOCC=C(C)CCC=C(C)C)[C@H]3CC[C@H]2C1=O. The van der Waals surface area contributed by atoms with E-state index < -0.39 is 30.0 Å². The molecule has 6 atom stereocenters. The molecule has 2 saturated carbocycles. The van der Waals surface area contributed by atoms with Crippen LogP contribution in [0.1, 0.15) is 59.8 Å². The van der Waals surface area contributed by atoms with E-state index in [0.29, 0.717) is 31.7 Å². The number of carbonyl (C=O) groups is 2. The van der Waals surface area contributed by atoms with Crippen molar-refractivity contribution < 1.29 is 24.6 Å². The topological polar surface area (TPSA) is 99.4 Å². The maximum atomic E-state index is 12.9. The first-order chi connectivity index (χ1) is 14.8. The average Bonchev–Trinajstić information content (AvgIpc) is 2.97. The largest absolute Gasteiger partial charge is 0.392 e. The third kappa shape index (κ3) is 4.93. The van der Waals surface area contributed by atoms with Gasteiger partial charge in [0, 0.05) is 24.8 Å². The van der Waals surface area contributed by atoms with Crippen molar-refractivity contribution >= 4 is 17.5 Å². The van der Waals surface area contributed by atoms with Crippen molar-refractivity contribution in [2.45, 2.75) is 72.0 Å². The second kappa shape index (κ2) is 10.1. The number of nitrogens with zero attached hydrogens (tertiary/aromatic N) is 2. The van der Waals surface area contributed by atoms with Crippen LogP contribution in [-0.2, 0) is 14.4 Å². The molecule has 0 unspecified atom stereocenters. The molecular weight excluding hydrogens is 396 g/mol. The molecule has 0 aromatic heterocycles. The molecule has 1 aliphatic heterocycles. The van der Waals surface area contributed by atoms with Gasteiger partial charge in [-0.3, -0.25) is 14.5 Å². The van der Waals surface area contributed by atoms with Crippen molar-refractivity contribution in [1.29, 1.82) is 0 Å². The normalized spacial score (nSPS) is 34.6. The van der Waals surface area contributed by atoms with Gasteiger partial charge in [-0.2, -0.15) is 0 Å². The van der Waals surface area contributed by atoms with Crippen LogP contribution in [0.25, 0.3) is 0 Å². The standard InChI is InChI=1S/C24H36N2O5/c1-5-26-23(29)17-10-9-16-18(13-19(27)22(28)20(16)21(17)24(26)30)25-31-12-11-15(4)8-6-7-14(2)3/h7,11,16-17,19-22,27-28H,5-6,8-10,12-13H2,1-4H3/t16-,17-,19-,20+,21-,22-/m1/s1. The van der Waals surface area contributed by atoms with E-state index in [4.69, 9.17) is 4.84 Å². The minimum atomic E-state index is -1.04. The van der Waals surface area contributed by atoms with E-state index >= 15 is 0 Å². The molecule has 172 valence electrons. The van der Waals surface area contributed by atoms with Crippen molar-refractivity contribution in [3.05, 3.63) is 23.3 Å². The smallest absolute Gasteiger partial charge is 0.233 e. The van der Waals surface area contributed by atoms with Crippen molar-refractivity contribution in [2.75, 3.05) is 13.2 Å². The Morgan fingerprint density at radius 1 is 1.13 bits per heavy atom. The summed E-state index contributed by atoms with van der Waals surface area (Å²) < 4.78 is 0. The molecule has 3 fully saturated rings. The molecule has 2 N–H and O–H groups in total. The molecule has 7 heteroatoms. The third-order valence-corrected chi connectivity index (χ3v) is 6.97. The zero-order chi connectivity index (χ0) is 22.7. The van der Waals surface area contributed by atoms with Crippen LogP contribution in [0.15, 0.2) is 28.5 Å². The number of amides is 2. The molecule has 0 bridgehead atoms. The van der Waals surface area contributed by atoms with Gasteiger partial charge >= 0.3 is 0 Å². The molecule has 7 nitrogen and oxygen atoms in total. The van der Waals surface area contributed by atoms with Gasteiger partial charge in [0.2, 0.25) is 11.8 Å². The quantitative estimate of drug-likeness (QED) is 0.279. The van der Waals surface area contributed by atoms with Crippen LogP contribution in [0.2, 0.25) is 0 Å². The molecule has 3 aliphatic rings. The third-order valence-electron chi connectivity index (χ3n) is 6.97. The Morgan fingerprint density at radius 3 is 2.52 bits per heavy atom. The van der Waals surface area contributed by atoms with Crippen LogP contribution in [0.4, 0.5) is 0 Å². The first-order valence-corrected chi connectivity index (χ1v) is 11.4. The molecule has 2 aliphatic carbocycles. The second-order valence-electron chi connectivity index (χ2n) is 9.33. The van der Waals surface area contributed by atoms with E-state index in [1.54, 1.807) is 6.92 Å². The van der Waals surface area contributed by atoms with Crippen molar-refractivity contribution in [3.8, 4) is 0 Å². The summed E-state index contributed by atoms with van der Waals surface area (Å²) >= 11 is 0. The van der Waals surface area contributed by atoms with E-state index in [1.165, 1.54) is 16.0 Å². The minimum absolute atomic E-state index is 0.147. The monoisotopic (exact) mass is 432 g/mol. The van der Waals surface area contributed by atoms with Crippen molar-refractivity contribution in [2.24, 2.45) is 28.8 Å². The number of aliphatic hydroxyl groups is 2. The predicted octanol–water partition coefficient (Wildman–Crippen LogP) is 2.82. The number of hydrogen-bond donors (Lipinski definition) is 2. The van der Waals surface area contributed by atoms with Crippen LogP contribution in [-0.4, -0.2) is 58.0 Å². The molecule has 1 heterocycles. The summed E-state index contributed by atoms with van der Waals surface area (Å²) in [5.41, 5.74) is 3.22. The van der Waals surface area contributed by atoms with Gasteiger partial charge in [0.1, 0.15) is 6.61 Å². The van der Waals surface area contributed by atoms with Crippen LogP contribution in [0.3, 0.4) is 0 Å². The van der Waals surface area contributed by atoms with Crippen LogP contribution >= 0.6 is 0 Å². The molecule has 0 aromatic carbocycles. The van der Waals surface area contributed by atoms with E-state index in [1.807, 2.05) is 6.08 Å². The Hall–Kier alpha value is -1.99. The Bertz CT molecular complexity index is 783. The van der Waals surface area contributed by atoms with Crippen LogP contribution < -0.4 is 0 Å². The Balaban J connectivity index is 1.69. The summed E-state index contributed by atoms with van der Waals surface area (Å²) in [6, 6.07) is 0. The Kier molecular flexibility index (Phi) is 7.70. The van der Waals surface area contributed by atoms with Gasteiger partial charge in [-0.25, -0.2) is 0 Å². The zero-order valence-corrected chi connectivity index (χ0v) is 19.1. The summed E-state index contributed by atoms with van der Waals surface area (Å²) in [6.07, 6.45) is 5.60. The summed E-state index contributed by atoms with van der Waals surface area (Å²) in [4.78, 5) is 32.3. The highest BCUT2D eigenvalue weighted by atomic mass is 16.6. The summed E-state index contributed by atoms with van der Waals surface area (Å²) in [5, 5.41) is 25.5. The predicted molar refractivity (Wildman–Crippen MR) is 118 cm³/mol. The summed E-state index contributed by atoms with van der Waals surface area (Å²) in [7, 11) is 0. The molecule has 1 saturated heterocycles. The molecule has 3 rings (SSSR count). The average molecular weight is 433 g/mol. The lowest BCUT2D eigenvalue weighted by Crippen LogP contribution is -2.54. The maximum Gasteiger partial charge on any atom is 0.233 e. The maximum absolute atomic E-state index is 12.9. The number of carbonyl (C=O) groups excluding carboxylic acids is 2. The number of allylic oxidation sites excluding steroid dienone is 3. The number of rotatable bonds is 7. The van der Waals surface area contributed by atoms with E-state index in [-0.39, 0.29) is 24.2 Å². The fourth-order valence-electron chi connectivity index (χ4n) is 5.34. The number of hydrogen-bond acceptors (Lipinski definition) is 6. The highest BCUT2D eigenvalue weighted by molar-refractivity contribution is 6.06. The van der Waals surface area contributed by atoms with Crippen molar-refractivity contribution in [3.63, 3.8) is 0 Å². The van der Waals surface area contributed by atoms with Gasteiger partial charge in [-0.1, -0.05) is 22.4 Å². The van der Waals surface area contributed by atoms with Gasteiger partial charge in [-0.15, -0.1) is 0 Å². The molecular formula is C24H36N2O5. The fraction of sp³-hybridized carbons (Fsp3) is 0.708. The van der Waals surface area contributed by atoms with Gasteiger partial charge < -0.3 is 15.1 Å². The van der Waals surface area contributed by atoms with Gasteiger partial charge in [0.25, 0.3) is 0 Å². The first kappa shape index (κ1) is 23.7. The zero-order valence-electron chi connectivity index (χ0n) is 19.1. The molecule has 0 aromatic rings. The van der Waals surface area contributed by atoms with Crippen LogP contribution in [0, 0.1) is 23.7 Å². The fourth-order valence-corrected chi connectivity index (χ4v) is 5.34. The lowest BCUT2D eigenvalue weighted by Gasteiger charge is -2.45. The summed E-state index contributed by atoms with van der Waals surface area (Å²) in [5.74, 6) is -2.02. The minimum Gasteiger partial charge on any atom is -0.392 e. The molecule has 0 spiro atoms.